The molecule has 0 bridgehead atoms. The van der Waals surface area contributed by atoms with Crippen LogP contribution in [0.25, 0.3) is 0 Å². The number of likely N-dealkylation sites (tertiary alicyclic amines) is 1. The summed E-state index contributed by atoms with van der Waals surface area (Å²) in [5.74, 6) is 0.872. The van der Waals surface area contributed by atoms with E-state index in [0.717, 1.165) is 12.3 Å². The number of hydrogen-bond donors (Lipinski definition) is 1. The lowest BCUT2D eigenvalue weighted by Crippen LogP contribution is -2.31. The van der Waals surface area contributed by atoms with E-state index >= 15 is 0 Å². The third-order valence-electron chi connectivity index (χ3n) is 2.03. The number of hydrogen-bond acceptors (Lipinski definition) is 3. The molecule has 0 radical (unpaired) electrons. The molecular formula is C8H17NOS. The second kappa shape index (κ2) is 5.01. The lowest BCUT2D eigenvalue weighted by molar-refractivity contribution is 0.145. The number of thioether (sulfide) groups is 1. The molecule has 1 fully saturated rings. The van der Waals surface area contributed by atoms with Crippen molar-refractivity contribution >= 4 is 11.8 Å². The van der Waals surface area contributed by atoms with Gasteiger partial charge in [0.15, 0.2) is 0 Å². The molecule has 1 atom stereocenters. The minimum absolute atomic E-state index is 0.122. The van der Waals surface area contributed by atoms with Crippen LogP contribution in [0.15, 0.2) is 0 Å². The van der Waals surface area contributed by atoms with Crippen molar-refractivity contribution in [3.05, 3.63) is 0 Å². The van der Waals surface area contributed by atoms with Gasteiger partial charge in [-0.05, 0) is 32.2 Å². The van der Waals surface area contributed by atoms with Crippen LogP contribution in [0.2, 0.25) is 0 Å². The maximum absolute atomic E-state index is 9.45. The van der Waals surface area contributed by atoms with Crippen LogP contribution in [0.4, 0.5) is 0 Å². The van der Waals surface area contributed by atoms with Gasteiger partial charge in [0.2, 0.25) is 0 Å². The average Bonchev–Trinajstić information content (AvgIpc) is 2.40. The fourth-order valence-electron chi connectivity index (χ4n) is 1.51. The van der Waals surface area contributed by atoms with Crippen molar-refractivity contribution in [3.8, 4) is 0 Å². The number of β-amino-alcohol motifs (C(OH)–C–C–N with tert-alkyl or cyclic N) is 1. The highest BCUT2D eigenvalue weighted by Gasteiger charge is 2.14. The van der Waals surface area contributed by atoms with Gasteiger partial charge in [0.1, 0.15) is 0 Å². The molecule has 1 aliphatic rings. The summed E-state index contributed by atoms with van der Waals surface area (Å²) in [6, 6.07) is 0. The van der Waals surface area contributed by atoms with Crippen molar-refractivity contribution in [3.63, 3.8) is 0 Å². The summed E-state index contributed by atoms with van der Waals surface area (Å²) in [6.07, 6.45) is 4.54. The summed E-state index contributed by atoms with van der Waals surface area (Å²) in [5.41, 5.74) is 0. The number of rotatable bonds is 4. The first kappa shape index (κ1) is 9.36. The fourth-order valence-corrected chi connectivity index (χ4v) is 2.00. The molecule has 66 valence electrons. The molecule has 0 aromatic carbocycles. The van der Waals surface area contributed by atoms with Gasteiger partial charge in [-0.2, -0.15) is 11.8 Å². The molecule has 1 unspecified atom stereocenters. The SMILES string of the molecule is CSCC(O)CN1CCCC1. The zero-order valence-corrected chi connectivity index (χ0v) is 7.94. The van der Waals surface area contributed by atoms with Crippen molar-refractivity contribution in [2.75, 3.05) is 31.6 Å². The van der Waals surface area contributed by atoms with Gasteiger partial charge in [0.25, 0.3) is 0 Å². The first-order chi connectivity index (χ1) is 5.33. The highest BCUT2D eigenvalue weighted by molar-refractivity contribution is 7.98. The second-order valence-corrected chi connectivity index (χ2v) is 4.03. The Morgan fingerprint density at radius 1 is 1.45 bits per heavy atom. The van der Waals surface area contributed by atoms with Crippen LogP contribution in [0, 0.1) is 0 Å². The molecule has 1 rings (SSSR count). The fraction of sp³-hybridized carbons (Fsp3) is 1.00. The average molecular weight is 175 g/mol. The van der Waals surface area contributed by atoms with Crippen LogP contribution in [-0.2, 0) is 0 Å². The molecular weight excluding hydrogens is 158 g/mol. The standard InChI is InChI=1S/C8H17NOS/c1-11-7-8(10)6-9-4-2-3-5-9/h8,10H,2-7H2,1H3. The van der Waals surface area contributed by atoms with E-state index in [9.17, 15) is 5.11 Å². The largest absolute Gasteiger partial charge is 0.391 e. The van der Waals surface area contributed by atoms with Crippen LogP contribution >= 0.6 is 11.8 Å². The lowest BCUT2D eigenvalue weighted by Gasteiger charge is -2.18. The quantitative estimate of drug-likeness (QED) is 0.684. The maximum atomic E-state index is 9.45. The molecule has 0 aromatic rings. The molecule has 1 aliphatic heterocycles. The summed E-state index contributed by atoms with van der Waals surface area (Å²) in [4.78, 5) is 2.35. The molecule has 1 heterocycles. The molecule has 0 aromatic heterocycles. The highest BCUT2D eigenvalue weighted by atomic mass is 32.2. The zero-order valence-electron chi connectivity index (χ0n) is 7.12. The van der Waals surface area contributed by atoms with Gasteiger partial charge in [-0.15, -0.1) is 0 Å². The normalized spacial score (nSPS) is 22.4. The van der Waals surface area contributed by atoms with Gasteiger partial charge in [-0.1, -0.05) is 0 Å². The molecule has 0 spiro atoms. The van der Waals surface area contributed by atoms with Gasteiger partial charge in [0, 0.05) is 12.3 Å². The third kappa shape index (κ3) is 3.45. The Balaban J connectivity index is 2.08. The van der Waals surface area contributed by atoms with Crippen LogP contribution in [0.3, 0.4) is 0 Å². The summed E-state index contributed by atoms with van der Waals surface area (Å²) in [5, 5.41) is 9.45. The van der Waals surface area contributed by atoms with E-state index in [1.165, 1.54) is 25.9 Å². The summed E-state index contributed by atoms with van der Waals surface area (Å²) in [6.45, 7) is 3.25. The Morgan fingerprint density at radius 3 is 2.64 bits per heavy atom. The van der Waals surface area contributed by atoms with Crippen molar-refractivity contribution in [1.82, 2.24) is 4.90 Å². The first-order valence-electron chi connectivity index (χ1n) is 4.22. The van der Waals surface area contributed by atoms with E-state index in [-0.39, 0.29) is 6.10 Å². The van der Waals surface area contributed by atoms with E-state index in [4.69, 9.17) is 0 Å². The van der Waals surface area contributed by atoms with Crippen LogP contribution in [0.5, 0.6) is 0 Å². The predicted molar refractivity (Wildman–Crippen MR) is 50.1 cm³/mol. The Morgan fingerprint density at radius 2 is 2.09 bits per heavy atom. The summed E-state index contributed by atoms with van der Waals surface area (Å²) >= 11 is 1.72. The topological polar surface area (TPSA) is 23.5 Å². The van der Waals surface area contributed by atoms with Crippen molar-refractivity contribution < 1.29 is 5.11 Å². The lowest BCUT2D eigenvalue weighted by atomic mass is 10.4. The molecule has 0 aliphatic carbocycles. The first-order valence-corrected chi connectivity index (χ1v) is 5.61. The molecule has 3 heteroatoms. The Hall–Kier alpha value is 0.270. The van der Waals surface area contributed by atoms with Crippen molar-refractivity contribution in [1.29, 1.82) is 0 Å². The molecule has 11 heavy (non-hydrogen) atoms. The Bertz CT molecular complexity index is 104. The van der Waals surface area contributed by atoms with Crippen LogP contribution < -0.4 is 0 Å². The minimum Gasteiger partial charge on any atom is -0.391 e. The minimum atomic E-state index is -0.122. The third-order valence-corrected chi connectivity index (χ3v) is 2.74. The summed E-state index contributed by atoms with van der Waals surface area (Å²) < 4.78 is 0. The van der Waals surface area contributed by atoms with E-state index in [0.29, 0.717) is 0 Å². The maximum Gasteiger partial charge on any atom is 0.0757 e. The molecule has 2 nitrogen and oxygen atoms in total. The number of aliphatic hydroxyl groups excluding tert-OH is 1. The van der Waals surface area contributed by atoms with E-state index in [2.05, 4.69) is 4.90 Å². The predicted octanol–water partition coefficient (Wildman–Crippen LogP) is 0.806. The number of aliphatic hydroxyl groups is 1. The van der Waals surface area contributed by atoms with E-state index in [1.807, 2.05) is 6.26 Å². The smallest absolute Gasteiger partial charge is 0.0757 e. The van der Waals surface area contributed by atoms with Gasteiger partial charge in [0.05, 0.1) is 6.10 Å². The number of nitrogens with zero attached hydrogens (tertiary/aromatic N) is 1. The second-order valence-electron chi connectivity index (χ2n) is 3.12. The van der Waals surface area contributed by atoms with E-state index < -0.39 is 0 Å². The van der Waals surface area contributed by atoms with Gasteiger partial charge in [-0.25, -0.2) is 0 Å². The molecule has 0 amide bonds. The summed E-state index contributed by atoms with van der Waals surface area (Å²) in [7, 11) is 0. The van der Waals surface area contributed by atoms with Gasteiger partial charge in [-0.3, -0.25) is 0 Å². The molecule has 1 saturated heterocycles. The van der Waals surface area contributed by atoms with Crippen LogP contribution in [-0.4, -0.2) is 47.8 Å². The zero-order chi connectivity index (χ0) is 8.10. The Kier molecular flexibility index (Phi) is 4.26. The monoisotopic (exact) mass is 175 g/mol. The van der Waals surface area contributed by atoms with Gasteiger partial charge >= 0.3 is 0 Å². The van der Waals surface area contributed by atoms with Crippen molar-refractivity contribution in [2.24, 2.45) is 0 Å². The highest BCUT2D eigenvalue weighted by Crippen LogP contribution is 2.08. The molecule has 0 saturated carbocycles. The van der Waals surface area contributed by atoms with Crippen molar-refractivity contribution in [2.45, 2.75) is 18.9 Å². The van der Waals surface area contributed by atoms with Crippen LogP contribution in [0.1, 0.15) is 12.8 Å². The van der Waals surface area contributed by atoms with Gasteiger partial charge < -0.3 is 10.0 Å². The van der Waals surface area contributed by atoms with E-state index in [1.54, 1.807) is 11.8 Å². The molecule has 1 N–H and O–H groups in total. The Labute approximate surface area is 73.0 Å².